The lowest BCUT2D eigenvalue weighted by atomic mass is 9.91. The van der Waals surface area contributed by atoms with Crippen LogP contribution in [0, 0.1) is 0 Å². The van der Waals surface area contributed by atoms with Crippen molar-refractivity contribution >= 4 is 11.9 Å². The van der Waals surface area contributed by atoms with Gasteiger partial charge in [0.25, 0.3) is 5.91 Å². The van der Waals surface area contributed by atoms with Gasteiger partial charge in [0, 0.05) is 12.1 Å². The van der Waals surface area contributed by atoms with Crippen LogP contribution in [0.25, 0.3) is 0 Å². The van der Waals surface area contributed by atoms with Gasteiger partial charge in [-0.25, -0.2) is 0 Å². The molecule has 1 fully saturated rings. The van der Waals surface area contributed by atoms with Crippen molar-refractivity contribution in [3.8, 4) is 0 Å². The molecule has 116 valence electrons. The Morgan fingerprint density at radius 3 is 2.82 bits per heavy atom. The van der Waals surface area contributed by atoms with Crippen molar-refractivity contribution in [1.82, 2.24) is 25.8 Å². The van der Waals surface area contributed by atoms with Crippen molar-refractivity contribution in [2.45, 2.75) is 25.3 Å². The molecule has 1 aromatic carbocycles. The summed E-state index contributed by atoms with van der Waals surface area (Å²) in [4.78, 5) is 16.0. The Bertz CT molecular complexity index is 630. The van der Waals surface area contributed by atoms with Gasteiger partial charge in [-0.3, -0.25) is 9.89 Å². The van der Waals surface area contributed by atoms with Crippen LogP contribution in [0.2, 0.25) is 0 Å². The lowest BCUT2D eigenvalue weighted by Gasteiger charge is -2.23. The SMILES string of the molecule is Nc1n[nH]c(CNC(=O)c2ccc(C3CCCNC3)cc2)n1. The van der Waals surface area contributed by atoms with Gasteiger partial charge in [-0.05, 0) is 43.0 Å². The summed E-state index contributed by atoms with van der Waals surface area (Å²) in [6.07, 6.45) is 2.40. The molecule has 7 nitrogen and oxygen atoms in total. The fourth-order valence-electron chi connectivity index (χ4n) is 2.70. The Kier molecular flexibility index (Phi) is 4.34. The van der Waals surface area contributed by atoms with E-state index in [-0.39, 0.29) is 18.4 Å². The van der Waals surface area contributed by atoms with Gasteiger partial charge in [0.1, 0.15) is 5.82 Å². The number of nitrogens with zero attached hydrogens (tertiary/aromatic N) is 2. The first kappa shape index (κ1) is 14.5. The highest BCUT2D eigenvalue weighted by atomic mass is 16.1. The summed E-state index contributed by atoms with van der Waals surface area (Å²) < 4.78 is 0. The molecule has 5 N–H and O–H groups in total. The Balaban J connectivity index is 1.58. The second-order valence-corrected chi connectivity index (χ2v) is 5.49. The lowest BCUT2D eigenvalue weighted by Crippen LogP contribution is -2.28. The average molecular weight is 300 g/mol. The second kappa shape index (κ2) is 6.57. The molecule has 1 unspecified atom stereocenters. The van der Waals surface area contributed by atoms with Gasteiger partial charge in [0.05, 0.1) is 6.54 Å². The minimum absolute atomic E-state index is 0.136. The fraction of sp³-hybridized carbons (Fsp3) is 0.400. The van der Waals surface area contributed by atoms with E-state index < -0.39 is 0 Å². The Morgan fingerprint density at radius 2 is 2.18 bits per heavy atom. The zero-order valence-corrected chi connectivity index (χ0v) is 12.3. The number of carbonyl (C=O) groups excluding carboxylic acids is 1. The molecule has 3 rings (SSSR count). The molecule has 1 amide bonds. The number of anilines is 1. The number of piperidine rings is 1. The van der Waals surface area contributed by atoms with E-state index in [0.717, 1.165) is 13.1 Å². The molecule has 1 aliphatic heterocycles. The maximum Gasteiger partial charge on any atom is 0.251 e. The number of nitrogens with two attached hydrogens (primary N) is 1. The van der Waals surface area contributed by atoms with Crippen LogP contribution in [0.4, 0.5) is 5.95 Å². The molecule has 0 spiro atoms. The van der Waals surface area contributed by atoms with Crippen molar-refractivity contribution < 1.29 is 4.79 Å². The molecule has 1 aromatic heterocycles. The van der Waals surface area contributed by atoms with Crippen molar-refractivity contribution in [3.05, 3.63) is 41.2 Å². The lowest BCUT2D eigenvalue weighted by molar-refractivity contribution is 0.0950. The largest absolute Gasteiger partial charge is 0.367 e. The standard InChI is InChI=1S/C15H20N6O/c16-15-19-13(20-21-15)9-18-14(22)11-5-3-10(4-6-11)12-2-1-7-17-8-12/h3-6,12,17H,1-2,7-9H2,(H,18,22)(H3,16,19,20,21). The smallest absolute Gasteiger partial charge is 0.251 e. The highest BCUT2D eigenvalue weighted by Crippen LogP contribution is 2.23. The zero-order chi connectivity index (χ0) is 15.4. The van der Waals surface area contributed by atoms with Gasteiger partial charge < -0.3 is 16.4 Å². The highest BCUT2D eigenvalue weighted by Gasteiger charge is 2.15. The number of hydrogen-bond donors (Lipinski definition) is 4. The quantitative estimate of drug-likeness (QED) is 0.667. The molecule has 22 heavy (non-hydrogen) atoms. The van der Waals surface area contributed by atoms with Crippen molar-refractivity contribution in [1.29, 1.82) is 0 Å². The average Bonchev–Trinajstić information content (AvgIpc) is 2.99. The number of H-pyrrole nitrogens is 1. The molecule has 1 aliphatic rings. The van der Waals surface area contributed by atoms with Gasteiger partial charge >= 0.3 is 0 Å². The molecule has 2 heterocycles. The molecular formula is C15H20N6O. The molecule has 0 aliphatic carbocycles. The minimum Gasteiger partial charge on any atom is -0.367 e. The molecular weight excluding hydrogens is 280 g/mol. The summed E-state index contributed by atoms with van der Waals surface area (Å²) in [7, 11) is 0. The Morgan fingerprint density at radius 1 is 1.36 bits per heavy atom. The van der Waals surface area contributed by atoms with Crippen LogP contribution >= 0.6 is 0 Å². The number of amides is 1. The van der Waals surface area contributed by atoms with Crippen molar-refractivity contribution in [2.24, 2.45) is 0 Å². The number of nitrogen functional groups attached to an aromatic ring is 1. The molecule has 0 radical (unpaired) electrons. The molecule has 0 saturated carbocycles. The number of aromatic nitrogens is 3. The minimum atomic E-state index is -0.136. The molecule has 0 bridgehead atoms. The molecule has 1 saturated heterocycles. The predicted molar refractivity (Wildman–Crippen MR) is 83.3 cm³/mol. The highest BCUT2D eigenvalue weighted by molar-refractivity contribution is 5.94. The number of carbonyl (C=O) groups is 1. The van der Waals surface area contributed by atoms with Crippen LogP contribution < -0.4 is 16.4 Å². The second-order valence-electron chi connectivity index (χ2n) is 5.49. The van der Waals surface area contributed by atoms with E-state index in [1.807, 2.05) is 24.3 Å². The van der Waals surface area contributed by atoms with E-state index >= 15 is 0 Å². The summed E-state index contributed by atoms with van der Waals surface area (Å²) in [6.45, 7) is 2.39. The van der Waals surface area contributed by atoms with E-state index in [2.05, 4.69) is 25.8 Å². The van der Waals surface area contributed by atoms with Crippen LogP contribution in [0.3, 0.4) is 0 Å². The molecule has 2 aromatic rings. The topological polar surface area (TPSA) is 109 Å². The zero-order valence-electron chi connectivity index (χ0n) is 12.3. The summed E-state index contributed by atoms with van der Waals surface area (Å²) in [5.74, 6) is 1.12. The van der Waals surface area contributed by atoms with Crippen LogP contribution in [0.5, 0.6) is 0 Å². The number of benzene rings is 1. The van der Waals surface area contributed by atoms with E-state index in [4.69, 9.17) is 5.73 Å². The summed E-state index contributed by atoms with van der Waals surface area (Å²) in [5, 5.41) is 12.6. The fourth-order valence-corrected chi connectivity index (χ4v) is 2.70. The predicted octanol–water partition coefficient (Wildman–Crippen LogP) is 0.784. The van der Waals surface area contributed by atoms with Crippen molar-refractivity contribution in [2.75, 3.05) is 18.8 Å². The third kappa shape index (κ3) is 3.43. The van der Waals surface area contributed by atoms with Gasteiger partial charge in [-0.15, -0.1) is 5.10 Å². The van der Waals surface area contributed by atoms with E-state index in [0.29, 0.717) is 17.3 Å². The van der Waals surface area contributed by atoms with Gasteiger partial charge in [0.2, 0.25) is 5.95 Å². The number of hydrogen-bond acceptors (Lipinski definition) is 5. The third-order valence-electron chi connectivity index (χ3n) is 3.91. The van der Waals surface area contributed by atoms with E-state index in [1.165, 1.54) is 18.4 Å². The van der Waals surface area contributed by atoms with Crippen LogP contribution in [-0.4, -0.2) is 34.2 Å². The monoisotopic (exact) mass is 300 g/mol. The third-order valence-corrected chi connectivity index (χ3v) is 3.91. The normalized spacial score (nSPS) is 18.1. The van der Waals surface area contributed by atoms with E-state index in [9.17, 15) is 4.79 Å². The van der Waals surface area contributed by atoms with E-state index in [1.54, 1.807) is 0 Å². The first-order valence-corrected chi connectivity index (χ1v) is 7.48. The molecule has 1 atom stereocenters. The first-order valence-electron chi connectivity index (χ1n) is 7.48. The van der Waals surface area contributed by atoms with Crippen LogP contribution in [-0.2, 0) is 6.54 Å². The summed E-state index contributed by atoms with van der Waals surface area (Å²) in [6, 6.07) is 7.82. The Hall–Kier alpha value is -2.41. The summed E-state index contributed by atoms with van der Waals surface area (Å²) in [5.41, 5.74) is 7.34. The number of nitrogens with one attached hydrogen (secondary N) is 3. The Labute approximate surface area is 128 Å². The van der Waals surface area contributed by atoms with Gasteiger partial charge in [-0.2, -0.15) is 4.98 Å². The van der Waals surface area contributed by atoms with Gasteiger partial charge in [0.15, 0.2) is 0 Å². The summed E-state index contributed by atoms with van der Waals surface area (Å²) >= 11 is 0. The maximum atomic E-state index is 12.1. The van der Waals surface area contributed by atoms with Crippen LogP contribution in [0.15, 0.2) is 24.3 Å². The maximum absolute atomic E-state index is 12.1. The van der Waals surface area contributed by atoms with Crippen molar-refractivity contribution in [3.63, 3.8) is 0 Å². The van der Waals surface area contributed by atoms with Gasteiger partial charge in [-0.1, -0.05) is 12.1 Å². The first-order chi connectivity index (χ1) is 10.7. The van der Waals surface area contributed by atoms with Crippen LogP contribution in [0.1, 0.15) is 40.5 Å². The number of aromatic amines is 1. The number of rotatable bonds is 4. The molecule has 7 heteroatoms.